The van der Waals surface area contributed by atoms with Gasteiger partial charge < -0.3 is 10.0 Å². The lowest BCUT2D eigenvalue weighted by molar-refractivity contribution is -0.149. The maximum absolute atomic E-state index is 14.3. The smallest absolute Gasteiger partial charge is 0.343 e. The number of amides is 1. The Morgan fingerprint density at radius 1 is 1.33 bits per heavy atom. The lowest BCUT2D eigenvalue weighted by Gasteiger charge is -2.20. The van der Waals surface area contributed by atoms with E-state index in [4.69, 9.17) is 5.11 Å². The lowest BCUT2D eigenvalue weighted by atomic mass is 10.1. The van der Waals surface area contributed by atoms with Crippen LogP contribution in [-0.2, 0) is 4.79 Å². The van der Waals surface area contributed by atoms with Gasteiger partial charge in [-0.3, -0.25) is 4.79 Å². The molecule has 0 aromatic heterocycles. The zero-order valence-electron chi connectivity index (χ0n) is 13.8. The maximum atomic E-state index is 14.3. The fourth-order valence-corrected chi connectivity index (χ4v) is 4.74. The number of carbonyl (C=O) groups is 2. The van der Waals surface area contributed by atoms with Gasteiger partial charge >= 0.3 is 5.97 Å². The molecule has 1 heterocycles. The molecule has 0 spiro atoms. The van der Waals surface area contributed by atoms with Crippen molar-refractivity contribution in [2.45, 2.75) is 54.8 Å². The van der Waals surface area contributed by atoms with Crippen molar-refractivity contribution in [1.29, 1.82) is 0 Å². The monoisotopic (exact) mass is 351 g/mol. The zero-order chi connectivity index (χ0) is 17.3. The first kappa shape index (κ1) is 17.3. The van der Waals surface area contributed by atoms with Crippen LogP contribution in [0.3, 0.4) is 0 Å². The Balaban J connectivity index is 1.81. The number of alkyl halides is 1. The van der Waals surface area contributed by atoms with E-state index in [0.717, 1.165) is 23.3 Å². The molecule has 1 aromatic carbocycles. The molecule has 4 nitrogen and oxygen atoms in total. The Morgan fingerprint density at radius 3 is 2.67 bits per heavy atom. The molecule has 1 unspecified atom stereocenters. The minimum atomic E-state index is -2.32. The van der Waals surface area contributed by atoms with Crippen LogP contribution in [0.15, 0.2) is 23.1 Å². The third-order valence-corrected chi connectivity index (χ3v) is 6.27. The summed E-state index contributed by atoms with van der Waals surface area (Å²) in [6.45, 7) is 1.69. The molecular formula is C18H22FNO3S. The molecule has 0 bridgehead atoms. The van der Waals surface area contributed by atoms with Crippen LogP contribution < -0.4 is 0 Å². The van der Waals surface area contributed by atoms with Crippen molar-refractivity contribution < 1.29 is 19.1 Å². The van der Waals surface area contributed by atoms with Crippen LogP contribution in [0.2, 0.25) is 0 Å². The number of nitrogens with zero attached hydrogens (tertiary/aromatic N) is 1. The van der Waals surface area contributed by atoms with E-state index in [1.165, 1.54) is 17.7 Å². The standard InChI is InChI=1S/C18H22FNO3S/c1-12-6-7-15(24-13-4-2-3-5-13)14(10-12)16(21)20-9-8-18(19,11-20)17(22)23/h6-7,10,13H,2-5,8-9,11H2,1H3,(H,22,23). The third kappa shape index (κ3) is 3.43. The third-order valence-electron chi connectivity index (χ3n) is 4.85. The van der Waals surface area contributed by atoms with Crippen LogP contribution in [0.4, 0.5) is 4.39 Å². The lowest BCUT2D eigenvalue weighted by Crippen LogP contribution is -2.39. The van der Waals surface area contributed by atoms with Crippen molar-refractivity contribution in [3.05, 3.63) is 29.3 Å². The summed E-state index contributed by atoms with van der Waals surface area (Å²) in [6.07, 6.45) is 4.61. The van der Waals surface area contributed by atoms with Crippen LogP contribution in [0, 0.1) is 6.92 Å². The number of thioether (sulfide) groups is 1. The molecule has 1 aliphatic carbocycles. The van der Waals surface area contributed by atoms with Crippen molar-refractivity contribution in [2.24, 2.45) is 0 Å². The number of halogens is 1. The summed E-state index contributed by atoms with van der Waals surface area (Å²) in [5, 5.41) is 9.54. The van der Waals surface area contributed by atoms with Crippen molar-refractivity contribution in [2.75, 3.05) is 13.1 Å². The number of hydrogen-bond acceptors (Lipinski definition) is 3. The number of rotatable bonds is 4. The average Bonchev–Trinajstić information content (AvgIpc) is 3.19. The minimum absolute atomic E-state index is 0.142. The van der Waals surface area contributed by atoms with Gasteiger partial charge in [-0.15, -0.1) is 11.8 Å². The molecule has 3 rings (SSSR count). The molecule has 1 atom stereocenters. The number of hydrogen-bond donors (Lipinski definition) is 1. The molecule has 6 heteroatoms. The van der Waals surface area contributed by atoms with Crippen LogP contribution in [0.25, 0.3) is 0 Å². The molecule has 1 saturated heterocycles. The maximum Gasteiger partial charge on any atom is 0.343 e. The topological polar surface area (TPSA) is 57.6 Å². The molecule has 2 aliphatic rings. The first-order chi connectivity index (χ1) is 11.4. The molecule has 24 heavy (non-hydrogen) atoms. The molecule has 1 aliphatic heterocycles. The highest BCUT2D eigenvalue weighted by Crippen LogP contribution is 2.37. The summed E-state index contributed by atoms with van der Waals surface area (Å²) < 4.78 is 14.3. The predicted octanol–water partition coefficient (Wildman–Crippen LogP) is 3.67. The highest BCUT2D eigenvalue weighted by molar-refractivity contribution is 8.00. The molecule has 1 amide bonds. The number of carbonyl (C=O) groups excluding carboxylic acids is 1. The van der Waals surface area contributed by atoms with E-state index in [2.05, 4.69) is 0 Å². The second kappa shape index (κ2) is 6.75. The van der Waals surface area contributed by atoms with Gasteiger partial charge in [0.1, 0.15) is 0 Å². The summed E-state index contributed by atoms with van der Waals surface area (Å²) in [5.41, 5.74) is -0.780. The van der Waals surface area contributed by atoms with Gasteiger partial charge in [-0.2, -0.15) is 0 Å². The summed E-state index contributed by atoms with van der Waals surface area (Å²) in [4.78, 5) is 26.2. The van der Waals surface area contributed by atoms with E-state index in [-0.39, 0.29) is 25.4 Å². The zero-order valence-corrected chi connectivity index (χ0v) is 14.6. The van der Waals surface area contributed by atoms with Crippen LogP contribution >= 0.6 is 11.8 Å². The van der Waals surface area contributed by atoms with Gasteiger partial charge in [-0.05, 0) is 31.9 Å². The van der Waals surface area contributed by atoms with E-state index < -0.39 is 11.6 Å². The Bertz CT molecular complexity index is 660. The number of carboxylic acid groups (broad SMARTS) is 1. The average molecular weight is 351 g/mol. The summed E-state index contributed by atoms with van der Waals surface area (Å²) in [6, 6.07) is 5.77. The highest BCUT2D eigenvalue weighted by atomic mass is 32.2. The first-order valence-corrected chi connectivity index (χ1v) is 9.26. The summed E-state index contributed by atoms with van der Waals surface area (Å²) >= 11 is 1.72. The van der Waals surface area contributed by atoms with Crippen molar-refractivity contribution in [3.8, 4) is 0 Å². The van der Waals surface area contributed by atoms with E-state index in [9.17, 15) is 14.0 Å². The van der Waals surface area contributed by atoms with Crippen molar-refractivity contribution in [1.82, 2.24) is 4.90 Å². The van der Waals surface area contributed by atoms with Crippen LogP contribution in [0.1, 0.15) is 48.0 Å². The molecule has 130 valence electrons. The van der Waals surface area contributed by atoms with Gasteiger partial charge in [-0.1, -0.05) is 24.5 Å². The number of aliphatic carboxylic acids is 1. The van der Waals surface area contributed by atoms with E-state index in [1.54, 1.807) is 11.8 Å². The molecule has 1 saturated carbocycles. The number of carboxylic acids is 1. The normalized spacial score (nSPS) is 24.5. The number of benzene rings is 1. The Labute approximate surface area is 145 Å². The van der Waals surface area contributed by atoms with Gasteiger partial charge in [-0.25, -0.2) is 9.18 Å². The van der Waals surface area contributed by atoms with E-state index in [0.29, 0.717) is 10.8 Å². The largest absolute Gasteiger partial charge is 0.479 e. The van der Waals surface area contributed by atoms with Crippen LogP contribution in [-0.4, -0.2) is 45.9 Å². The second-order valence-corrected chi connectivity index (χ2v) is 8.11. The second-order valence-electron chi connectivity index (χ2n) is 6.77. The van der Waals surface area contributed by atoms with Gasteiger partial charge in [0, 0.05) is 23.1 Å². The molecular weight excluding hydrogens is 329 g/mol. The van der Waals surface area contributed by atoms with Crippen molar-refractivity contribution in [3.63, 3.8) is 0 Å². The molecule has 2 fully saturated rings. The SMILES string of the molecule is Cc1ccc(SC2CCCC2)c(C(=O)N2CCC(F)(C(=O)O)C2)c1. The fourth-order valence-electron chi connectivity index (χ4n) is 3.39. The number of likely N-dealkylation sites (tertiary alicyclic amines) is 1. The van der Waals surface area contributed by atoms with Crippen molar-refractivity contribution >= 4 is 23.6 Å². The molecule has 1 N–H and O–H groups in total. The van der Waals surface area contributed by atoms with Gasteiger partial charge in [0.05, 0.1) is 12.1 Å². The summed E-state index contributed by atoms with van der Waals surface area (Å²) in [5.74, 6) is -1.75. The Kier molecular flexibility index (Phi) is 4.85. The van der Waals surface area contributed by atoms with Gasteiger partial charge in [0.15, 0.2) is 0 Å². The Morgan fingerprint density at radius 2 is 2.04 bits per heavy atom. The number of aryl methyl sites for hydroxylation is 1. The molecule has 1 aromatic rings. The Hall–Kier alpha value is -1.56. The highest BCUT2D eigenvalue weighted by Gasteiger charge is 2.47. The minimum Gasteiger partial charge on any atom is -0.479 e. The quantitative estimate of drug-likeness (QED) is 0.899. The predicted molar refractivity (Wildman–Crippen MR) is 91.3 cm³/mol. The van der Waals surface area contributed by atoms with E-state index in [1.807, 2.05) is 25.1 Å². The van der Waals surface area contributed by atoms with Gasteiger partial charge in [0.2, 0.25) is 5.67 Å². The first-order valence-electron chi connectivity index (χ1n) is 8.38. The van der Waals surface area contributed by atoms with E-state index >= 15 is 0 Å². The van der Waals surface area contributed by atoms with Crippen LogP contribution in [0.5, 0.6) is 0 Å². The molecule has 0 radical (unpaired) electrons. The summed E-state index contributed by atoms with van der Waals surface area (Å²) in [7, 11) is 0. The fraction of sp³-hybridized carbons (Fsp3) is 0.556. The van der Waals surface area contributed by atoms with Gasteiger partial charge in [0.25, 0.3) is 5.91 Å².